The minimum absolute atomic E-state index is 0.167. The molecule has 1 N–H and O–H groups in total. The van der Waals surface area contributed by atoms with Crippen LogP contribution in [0.15, 0.2) is 24.3 Å². The van der Waals surface area contributed by atoms with Gasteiger partial charge in [0.1, 0.15) is 5.75 Å². The molecule has 1 rings (SSSR count). The summed E-state index contributed by atoms with van der Waals surface area (Å²) in [6.07, 6.45) is -0.167. The zero-order chi connectivity index (χ0) is 11.5. The summed E-state index contributed by atoms with van der Waals surface area (Å²) >= 11 is 0. The Morgan fingerprint density at radius 2 is 2.27 bits per heavy atom. The van der Waals surface area contributed by atoms with E-state index in [-0.39, 0.29) is 6.42 Å². The van der Waals surface area contributed by atoms with Crippen molar-refractivity contribution in [1.82, 2.24) is 0 Å². The highest BCUT2D eigenvalue weighted by atomic mass is 19.1. The van der Waals surface area contributed by atoms with Gasteiger partial charge in [0.15, 0.2) is 0 Å². The quantitative estimate of drug-likeness (QED) is 0.830. The van der Waals surface area contributed by atoms with Gasteiger partial charge in [0.05, 0.1) is 7.11 Å². The molecule has 0 saturated heterocycles. The average molecular weight is 212 g/mol. The van der Waals surface area contributed by atoms with Crippen molar-refractivity contribution in [1.29, 1.82) is 0 Å². The molecule has 0 spiro atoms. The molecule has 0 heterocycles. The number of benzene rings is 1. The molecular formula is C11H13FO3. The van der Waals surface area contributed by atoms with E-state index in [1.807, 2.05) is 0 Å². The van der Waals surface area contributed by atoms with Crippen LogP contribution in [0.3, 0.4) is 0 Å². The van der Waals surface area contributed by atoms with Crippen LogP contribution in [-0.4, -0.2) is 23.9 Å². The van der Waals surface area contributed by atoms with E-state index in [0.717, 1.165) is 6.92 Å². The van der Waals surface area contributed by atoms with Gasteiger partial charge in [-0.15, -0.1) is 0 Å². The number of rotatable bonds is 4. The molecule has 0 aliphatic rings. The van der Waals surface area contributed by atoms with Crippen LogP contribution >= 0.6 is 0 Å². The van der Waals surface area contributed by atoms with Crippen molar-refractivity contribution < 1.29 is 19.0 Å². The Kier molecular flexibility index (Phi) is 3.29. The van der Waals surface area contributed by atoms with Gasteiger partial charge in [-0.3, -0.25) is 0 Å². The van der Waals surface area contributed by atoms with E-state index in [1.54, 1.807) is 24.3 Å². The number of halogens is 1. The highest BCUT2D eigenvalue weighted by Gasteiger charge is 2.32. The van der Waals surface area contributed by atoms with Crippen LogP contribution in [0.1, 0.15) is 12.5 Å². The summed E-state index contributed by atoms with van der Waals surface area (Å²) in [5.74, 6) is -0.862. The van der Waals surface area contributed by atoms with Gasteiger partial charge in [0, 0.05) is 6.42 Å². The normalized spacial score (nSPS) is 14.3. The Hall–Kier alpha value is -1.58. The third-order valence-electron chi connectivity index (χ3n) is 2.12. The van der Waals surface area contributed by atoms with E-state index >= 15 is 0 Å². The molecule has 3 nitrogen and oxygen atoms in total. The fourth-order valence-electron chi connectivity index (χ4n) is 1.24. The Morgan fingerprint density at radius 3 is 2.80 bits per heavy atom. The number of hydrogen-bond donors (Lipinski definition) is 1. The maximum Gasteiger partial charge on any atom is 0.341 e. The van der Waals surface area contributed by atoms with E-state index in [2.05, 4.69) is 0 Å². The lowest BCUT2D eigenvalue weighted by molar-refractivity contribution is -0.149. The molecule has 0 saturated carbocycles. The van der Waals surface area contributed by atoms with E-state index in [0.29, 0.717) is 11.3 Å². The van der Waals surface area contributed by atoms with Gasteiger partial charge in [-0.25, -0.2) is 9.18 Å². The summed E-state index contributed by atoms with van der Waals surface area (Å²) in [5, 5.41) is 8.62. The molecule has 0 radical (unpaired) electrons. The fraction of sp³-hybridized carbons (Fsp3) is 0.364. The molecule has 1 unspecified atom stereocenters. The predicted octanol–water partition coefficient (Wildman–Crippen LogP) is 2.05. The number of aliphatic carboxylic acids is 1. The predicted molar refractivity (Wildman–Crippen MR) is 53.8 cm³/mol. The number of carboxylic acids is 1. The number of methoxy groups -OCH3 is 1. The second-order valence-corrected chi connectivity index (χ2v) is 3.53. The number of hydrogen-bond acceptors (Lipinski definition) is 2. The molecule has 1 atom stereocenters. The van der Waals surface area contributed by atoms with Gasteiger partial charge in [-0.1, -0.05) is 12.1 Å². The van der Waals surface area contributed by atoms with Gasteiger partial charge < -0.3 is 9.84 Å². The van der Waals surface area contributed by atoms with Crippen LogP contribution in [-0.2, 0) is 11.2 Å². The SMILES string of the molecule is COc1cccc(CC(C)(F)C(=O)O)c1. The van der Waals surface area contributed by atoms with Crippen LogP contribution in [0.25, 0.3) is 0 Å². The molecule has 0 aromatic heterocycles. The van der Waals surface area contributed by atoms with Crippen molar-refractivity contribution in [3.63, 3.8) is 0 Å². The Bertz CT molecular complexity index is 361. The molecule has 4 heteroatoms. The lowest BCUT2D eigenvalue weighted by Crippen LogP contribution is -2.32. The van der Waals surface area contributed by atoms with Gasteiger partial charge in [-0.05, 0) is 24.6 Å². The van der Waals surface area contributed by atoms with Crippen molar-refractivity contribution in [3.05, 3.63) is 29.8 Å². The highest BCUT2D eigenvalue weighted by Crippen LogP contribution is 2.21. The molecule has 0 amide bonds. The minimum Gasteiger partial charge on any atom is -0.497 e. The first-order chi connectivity index (χ1) is 6.95. The largest absolute Gasteiger partial charge is 0.497 e. The first kappa shape index (κ1) is 11.5. The molecule has 15 heavy (non-hydrogen) atoms. The van der Waals surface area contributed by atoms with Crippen molar-refractivity contribution in [2.24, 2.45) is 0 Å². The van der Waals surface area contributed by atoms with E-state index in [1.165, 1.54) is 7.11 Å². The number of carboxylic acid groups (broad SMARTS) is 1. The van der Waals surface area contributed by atoms with Crippen LogP contribution in [0.5, 0.6) is 5.75 Å². The highest BCUT2D eigenvalue weighted by molar-refractivity contribution is 5.77. The maximum atomic E-state index is 13.5. The molecule has 0 aliphatic carbocycles. The standard InChI is InChI=1S/C11H13FO3/c1-11(12,10(13)14)7-8-4-3-5-9(6-8)15-2/h3-6H,7H2,1-2H3,(H,13,14). The van der Waals surface area contributed by atoms with Gasteiger partial charge in [0.25, 0.3) is 0 Å². The van der Waals surface area contributed by atoms with Crippen LogP contribution in [0.2, 0.25) is 0 Å². The lowest BCUT2D eigenvalue weighted by atomic mass is 9.98. The summed E-state index contributed by atoms with van der Waals surface area (Å²) in [6.45, 7) is 1.05. The van der Waals surface area contributed by atoms with Gasteiger partial charge in [0.2, 0.25) is 5.67 Å². The Morgan fingerprint density at radius 1 is 1.60 bits per heavy atom. The van der Waals surface area contributed by atoms with E-state index in [4.69, 9.17) is 9.84 Å². The first-order valence-corrected chi connectivity index (χ1v) is 4.51. The Labute approximate surface area is 87.5 Å². The summed E-state index contributed by atoms with van der Waals surface area (Å²) in [4.78, 5) is 10.6. The molecule has 0 aliphatic heterocycles. The van der Waals surface area contributed by atoms with Crippen molar-refractivity contribution >= 4 is 5.97 Å². The maximum absolute atomic E-state index is 13.5. The van der Waals surface area contributed by atoms with Crippen molar-refractivity contribution in [3.8, 4) is 5.75 Å². The van der Waals surface area contributed by atoms with E-state index < -0.39 is 11.6 Å². The van der Waals surface area contributed by atoms with Crippen LogP contribution < -0.4 is 4.74 Å². The zero-order valence-electron chi connectivity index (χ0n) is 8.66. The fourth-order valence-corrected chi connectivity index (χ4v) is 1.24. The third-order valence-corrected chi connectivity index (χ3v) is 2.12. The average Bonchev–Trinajstić information content (AvgIpc) is 2.17. The van der Waals surface area contributed by atoms with E-state index in [9.17, 15) is 9.18 Å². The van der Waals surface area contributed by atoms with Crippen molar-refractivity contribution in [2.45, 2.75) is 19.0 Å². The zero-order valence-corrected chi connectivity index (χ0v) is 8.66. The number of alkyl halides is 1. The second kappa shape index (κ2) is 4.29. The molecule has 0 fully saturated rings. The molecule has 0 bridgehead atoms. The Balaban J connectivity index is 2.85. The minimum atomic E-state index is -2.24. The van der Waals surface area contributed by atoms with Crippen LogP contribution in [0, 0.1) is 0 Å². The molecule has 1 aromatic rings. The number of ether oxygens (including phenoxy) is 1. The summed E-state index contributed by atoms with van der Waals surface area (Å²) in [5.41, 5.74) is -1.64. The second-order valence-electron chi connectivity index (χ2n) is 3.53. The first-order valence-electron chi connectivity index (χ1n) is 4.51. The monoisotopic (exact) mass is 212 g/mol. The van der Waals surface area contributed by atoms with Crippen LogP contribution in [0.4, 0.5) is 4.39 Å². The number of carbonyl (C=O) groups is 1. The summed E-state index contributed by atoms with van der Waals surface area (Å²) in [7, 11) is 1.50. The molecule has 82 valence electrons. The third kappa shape index (κ3) is 2.94. The summed E-state index contributed by atoms with van der Waals surface area (Å²) < 4.78 is 18.5. The van der Waals surface area contributed by atoms with Gasteiger partial charge in [-0.2, -0.15) is 0 Å². The van der Waals surface area contributed by atoms with Crippen molar-refractivity contribution in [2.75, 3.05) is 7.11 Å². The lowest BCUT2D eigenvalue weighted by Gasteiger charge is -2.15. The topological polar surface area (TPSA) is 46.5 Å². The summed E-state index contributed by atoms with van der Waals surface area (Å²) in [6, 6.07) is 6.72. The molecular weight excluding hydrogens is 199 g/mol. The smallest absolute Gasteiger partial charge is 0.341 e. The van der Waals surface area contributed by atoms with Gasteiger partial charge >= 0.3 is 5.97 Å². The molecule has 1 aromatic carbocycles.